The summed E-state index contributed by atoms with van der Waals surface area (Å²) in [6.07, 6.45) is 1.13. The molecule has 0 heterocycles. The average molecular weight is 520 g/mol. The van der Waals surface area contributed by atoms with E-state index in [4.69, 9.17) is 9.47 Å². The van der Waals surface area contributed by atoms with Crippen molar-refractivity contribution in [3.8, 4) is 5.75 Å². The molecule has 0 aliphatic heterocycles. The summed E-state index contributed by atoms with van der Waals surface area (Å²) in [4.78, 5) is 15.8. The molecule has 1 aromatic carbocycles. The van der Waals surface area contributed by atoms with E-state index in [0.29, 0.717) is 31.4 Å². The number of halogens is 1. The second kappa shape index (κ2) is 16.3. The summed E-state index contributed by atoms with van der Waals surface area (Å²) in [7, 11) is 0. The lowest BCUT2D eigenvalue weighted by atomic mass is 10.0. The molecule has 0 aromatic heterocycles. The minimum Gasteiger partial charge on any atom is -0.492 e. The van der Waals surface area contributed by atoms with Gasteiger partial charge in [-0.2, -0.15) is 0 Å². The van der Waals surface area contributed by atoms with E-state index in [-0.39, 0.29) is 36.0 Å². The van der Waals surface area contributed by atoms with Gasteiger partial charge in [0.2, 0.25) is 5.91 Å². The standard InChI is InChI=1S/C21H36N4O3.HI/c1-6-22-21(23-12-11-20(16(3)4)27-7-2)24-13-14-28-19-10-8-9-18(15-19)25-17(5)26;/h8-10,15-16,20H,6-7,11-14H2,1-5H3,(H,25,26)(H2,22,23,24);1H. The van der Waals surface area contributed by atoms with E-state index in [9.17, 15) is 4.79 Å². The monoisotopic (exact) mass is 520 g/mol. The molecule has 1 unspecified atom stereocenters. The van der Waals surface area contributed by atoms with Crippen LogP contribution >= 0.6 is 24.0 Å². The number of rotatable bonds is 12. The quantitative estimate of drug-likeness (QED) is 0.170. The van der Waals surface area contributed by atoms with Crippen LogP contribution in [0.3, 0.4) is 0 Å². The van der Waals surface area contributed by atoms with Gasteiger partial charge in [0.05, 0.1) is 12.6 Å². The first kappa shape index (κ1) is 27.5. The van der Waals surface area contributed by atoms with E-state index >= 15 is 0 Å². The van der Waals surface area contributed by atoms with Crippen LogP contribution in [0.5, 0.6) is 5.75 Å². The van der Waals surface area contributed by atoms with Crippen LogP contribution in [0.15, 0.2) is 29.3 Å². The Bertz CT molecular complexity index is 611. The number of hydrogen-bond donors (Lipinski definition) is 3. The number of aliphatic imine (C=N–C) groups is 1. The highest BCUT2D eigenvalue weighted by atomic mass is 127. The molecular formula is C21H37IN4O3. The molecule has 1 rings (SSSR count). The number of anilines is 1. The molecular weight excluding hydrogens is 483 g/mol. The average Bonchev–Trinajstić information content (AvgIpc) is 2.64. The maximum Gasteiger partial charge on any atom is 0.221 e. The Labute approximate surface area is 192 Å². The van der Waals surface area contributed by atoms with Gasteiger partial charge in [-0.05, 0) is 38.3 Å². The fraction of sp³-hybridized carbons (Fsp3) is 0.619. The normalized spacial score (nSPS) is 12.1. The van der Waals surface area contributed by atoms with E-state index in [1.54, 1.807) is 6.07 Å². The molecule has 7 nitrogen and oxygen atoms in total. The number of carbonyl (C=O) groups excluding carboxylic acids is 1. The number of amides is 1. The molecule has 0 spiro atoms. The van der Waals surface area contributed by atoms with Gasteiger partial charge in [0.25, 0.3) is 0 Å². The van der Waals surface area contributed by atoms with Gasteiger partial charge in [0.1, 0.15) is 12.4 Å². The van der Waals surface area contributed by atoms with Gasteiger partial charge in [-0.3, -0.25) is 9.79 Å². The van der Waals surface area contributed by atoms with Gasteiger partial charge in [0, 0.05) is 38.4 Å². The first-order valence-electron chi connectivity index (χ1n) is 10.1. The topological polar surface area (TPSA) is 84.0 Å². The van der Waals surface area contributed by atoms with Crippen molar-refractivity contribution < 1.29 is 14.3 Å². The summed E-state index contributed by atoms with van der Waals surface area (Å²) >= 11 is 0. The Morgan fingerprint density at radius 1 is 1.21 bits per heavy atom. The van der Waals surface area contributed by atoms with Gasteiger partial charge in [-0.15, -0.1) is 24.0 Å². The summed E-state index contributed by atoms with van der Waals surface area (Å²) in [5, 5.41) is 9.26. The molecule has 0 aliphatic rings. The minimum absolute atomic E-state index is 0. The fourth-order valence-corrected chi connectivity index (χ4v) is 2.67. The number of hydrogen-bond acceptors (Lipinski definition) is 4. The summed E-state index contributed by atoms with van der Waals surface area (Å²) in [6, 6.07) is 7.35. The Hall–Kier alpha value is -1.55. The second-order valence-corrected chi connectivity index (χ2v) is 6.77. The minimum atomic E-state index is -0.102. The zero-order valence-corrected chi connectivity index (χ0v) is 20.6. The Morgan fingerprint density at radius 2 is 1.97 bits per heavy atom. The number of carbonyl (C=O) groups is 1. The number of nitrogens with one attached hydrogen (secondary N) is 3. The summed E-state index contributed by atoms with van der Waals surface area (Å²) in [5.74, 6) is 1.87. The molecule has 0 fully saturated rings. The molecule has 0 saturated carbocycles. The lowest BCUT2D eigenvalue weighted by Gasteiger charge is -2.20. The van der Waals surface area contributed by atoms with E-state index in [2.05, 4.69) is 34.8 Å². The Morgan fingerprint density at radius 3 is 2.59 bits per heavy atom. The molecule has 3 N–H and O–H groups in total. The Balaban J connectivity index is 0.00000784. The molecule has 0 aliphatic carbocycles. The molecule has 1 aromatic rings. The molecule has 166 valence electrons. The third kappa shape index (κ3) is 12.6. The zero-order valence-electron chi connectivity index (χ0n) is 18.3. The number of ether oxygens (including phenoxy) is 2. The summed E-state index contributed by atoms with van der Waals surface area (Å²) in [6.45, 7) is 13.2. The van der Waals surface area contributed by atoms with Crippen molar-refractivity contribution in [3.63, 3.8) is 0 Å². The van der Waals surface area contributed by atoms with Crippen LogP contribution in [-0.4, -0.2) is 50.8 Å². The van der Waals surface area contributed by atoms with Gasteiger partial charge >= 0.3 is 0 Å². The molecule has 8 heteroatoms. The predicted molar refractivity (Wildman–Crippen MR) is 131 cm³/mol. The first-order valence-corrected chi connectivity index (χ1v) is 10.1. The lowest BCUT2D eigenvalue weighted by Crippen LogP contribution is -2.39. The number of guanidine groups is 1. The molecule has 0 radical (unpaired) electrons. The van der Waals surface area contributed by atoms with Crippen LogP contribution in [-0.2, 0) is 9.53 Å². The van der Waals surface area contributed by atoms with E-state index in [0.717, 1.165) is 31.2 Å². The van der Waals surface area contributed by atoms with Crippen molar-refractivity contribution in [2.45, 2.75) is 47.1 Å². The molecule has 29 heavy (non-hydrogen) atoms. The van der Waals surface area contributed by atoms with Crippen LogP contribution in [0.2, 0.25) is 0 Å². The maximum atomic E-state index is 11.1. The van der Waals surface area contributed by atoms with Crippen LogP contribution in [0.4, 0.5) is 5.69 Å². The van der Waals surface area contributed by atoms with Gasteiger partial charge < -0.3 is 25.4 Å². The highest BCUT2D eigenvalue weighted by molar-refractivity contribution is 14.0. The lowest BCUT2D eigenvalue weighted by molar-refractivity contribution is -0.114. The van der Waals surface area contributed by atoms with Crippen molar-refractivity contribution in [1.29, 1.82) is 0 Å². The molecule has 1 atom stereocenters. The predicted octanol–water partition coefficient (Wildman–Crippen LogP) is 3.65. The highest BCUT2D eigenvalue weighted by Crippen LogP contribution is 2.17. The van der Waals surface area contributed by atoms with E-state index in [1.165, 1.54) is 6.92 Å². The van der Waals surface area contributed by atoms with Crippen molar-refractivity contribution in [3.05, 3.63) is 24.3 Å². The number of nitrogens with zero attached hydrogens (tertiary/aromatic N) is 1. The largest absolute Gasteiger partial charge is 0.492 e. The van der Waals surface area contributed by atoms with Crippen molar-refractivity contribution in [1.82, 2.24) is 10.6 Å². The highest BCUT2D eigenvalue weighted by Gasteiger charge is 2.12. The first-order chi connectivity index (χ1) is 13.5. The van der Waals surface area contributed by atoms with Crippen molar-refractivity contribution >= 4 is 41.5 Å². The van der Waals surface area contributed by atoms with E-state index < -0.39 is 0 Å². The zero-order chi connectivity index (χ0) is 20.8. The van der Waals surface area contributed by atoms with Gasteiger partial charge in [-0.1, -0.05) is 19.9 Å². The summed E-state index contributed by atoms with van der Waals surface area (Å²) < 4.78 is 11.5. The van der Waals surface area contributed by atoms with Crippen LogP contribution in [0.1, 0.15) is 41.0 Å². The van der Waals surface area contributed by atoms with Crippen LogP contribution < -0.4 is 20.7 Å². The molecule has 0 bridgehead atoms. The smallest absolute Gasteiger partial charge is 0.221 e. The SMILES string of the molecule is CCNC(=NCCC(OCC)C(C)C)NCCOc1cccc(NC(C)=O)c1.I. The van der Waals surface area contributed by atoms with Crippen molar-refractivity contribution in [2.24, 2.45) is 10.9 Å². The van der Waals surface area contributed by atoms with Gasteiger partial charge in [0.15, 0.2) is 5.96 Å². The Kier molecular flexibility index (Phi) is 15.4. The van der Waals surface area contributed by atoms with Crippen LogP contribution in [0, 0.1) is 5.92 Å². The van der Waals surface area contributed by atoms with Crippen LogP contribution in [0.25, 0.3) is 0 Å². The molecule has 0 saturated heterocycles. The third-order valence-corrected chi connectivity index (χ3v) is 3.97. The second-order valence-electron chi connectivity index (χ2n) is 6.77. The third-order valence-electron chi connectivity index (χ3n) is 3.97. The van der Waals surface area contributed by atoms with E-state index in [1.807, 2.05) is 32.0 Å². The fourth-order valence-electron chi connectivity index (χ4n) is 2.67. The van der Waals surface area contributed by atoms with Gasteiger partial charge in [-0.25, -0.2) is 0 Å². The maximum absolute atomic E-state index is 11.1. The summed E-state index contributed by atoms with van der Waals surface area (Å²) in [5.41, 5.74) is 0.724. The molecule has 1 amide bonds. The van der Waals surface area contributed by atoms with Crippen molar-refractivity contribution in [2.75, 3.05) is 38.2 Å². The number of benzene rings is 1.